The minimum Gasteiger partial charge on any atom is -0.480 e. The van der Waals surface area contributed by atoms with E-state index < -0.39 is 52.9 Å². The van der Waals surface area contributed by atoms with E-state index >= 15 is 0 Å². The van der Waals surface area contributed by atoms with Gasteiger partial charge in [-0.2, -0.15) is 13.2 Å². The molecule has 2 saturated heterocycles. The summed E-state index contributed by atoms with van der Waals surface area (Å²) in [6, 6.07) is 12.0. The highest BCUT2D eigenvalue weighted by molar-refractivity contribution is 6.09. The molecule has 2 fully saturated rings. The summed E-state index contributed by atoms with van der Waals surface area (Å²) in [5.41, 5.74) is -2.07. The van der Waals surface area contributed by atoms with E-state index in [4.69, 9.17) is 0 Å². The molecule has 0 bridgehead atoms. The Labute approximate surface area is 194 Å². The zero-order valence-corrected chi connectivity index (χ0v) is 18.1. The van der Waals surface area contributed by atoms with Crippen LogP contribution in [0.1, 0.15) is 29.2 Å². The normalized spacial score (nSPS) is 26.6. The summed E-state index contributed by atoms with van der Waals surface area (Å²) in [5.74, 6) is -5.00. The highest BCUT2D eigenvalue weighted by Gasteiger charge is 2.68. The largest absolute Gasteiger partial charge is 0.480 e. The second-order valence-corrected chi connectivity index (χ2v) is 8.59. The molecular formula is C25H23F3N2O4. The maximum absolute atomic E-state index is 13.4. The van der Waals surface area contributed by atoms with Crippen LogP contribution in [0.4, 0.5) is 13.2 Å². The number of carboxylic acids is 1. The van der Waals surface area contributed by atoms with Crippen LogP contribution in [0.25, 0.3) is 0 Å². The molecule has 9 heteroatoms. The predicted molar refractivity (Wildman–Crippen MR) is 116 cm³/mol. The van der Waals surface area contributed by atoms with Crippen LogP contribution in [0.15, 0.2) is 67.3 Å². The molecule has 6 nitrogen and oxygen atoms in total. The van der Waals surface area contributed by atoms with E-state index in [9.17, 15) is 32.7 Å². The van der Waals surface area contributed by atoms with Gasteiger partial charge in [0.2, 0.25) is 11.8 Å². The third kappa shape index (κ3) is 3.90. The number of nitrogens with zero attached hydrogens (tertiary/aromatic N) is 1. The molecule has 34 heavy (non-hydrogen) atoms. The summed E-state index contributed by atoms with van der Waals surface area (Å²) in [5, 5.41) is 13.3. The lowest BCUT2D eigenvalue weighted by Crippen LogP contribution is -2.57. The van der Waals surface area contributed by atoms with Crippen molar-refractivity contribution in [1.29, 1.82) is 0 Å². The molecule has 2 N–H and O–H groups in total. The Morgan fingerprint density at radius 2 is 1.82 bits per heavy atom. The molecule has 0 aliphatic carbocycles. The van der Waals surface area contributed by atoms with Crippen molar-refractivity contribution >= 4 is 17.8 Å². The fraction of sp³-hybridized carbons (Fsp3) is 0.320. The molecule has 4 rings (SSSR count). The summed E-state index contributed by atoms with van der Waals surface area (Å²) in [6.07, 6.45) is -2.88. The smallest absolute Gasteiger partial charge is 0.416 e. The van der Waals surface area contributed by atoms with Crippen LogP contribution < -0.4 is 5.32 Å². The average molecular weight is 472 g/mol. The summed E-state index contributed by atoms with van der Waals surface area (Å²) in [7, 11) is 0. The van der Waals surface area contributed by atoms with Crippen molar-refractivity contribution in [3.63, 3.8) is 0 Å². The minimum atomic E-state index is -4.62. The molecule has 4 atom stereocenters. The van der Waals surface area contributed by atoms with Crippen molar-refractivity contribution in [2.75, 3.05) is 6.54 Å². The number of fused-ring (bicyclic) bond motifs is 1. The average Bonchev–Trinajstić information content (AvgIpc) is 3.27. The van der Waals surface area contributed by atoms with Crippen molar-refractivity contribution < 1.29 is 32.7 Å². The Morgan fingerprint density at radius 1 is 1.12 bits per heavy atom. The first-order valence-electron chi connectivity index (χ1n) is 10.8. The fourth-order valence-corrected chi connectivity index (χ4v) is 5.05. The number of carboxylic acid groups (broad SMARTS) is 1. The number of amides is 2. The molecule has 2 aliphatic heterocycles. The predicted octanol–water partition coefficient (Wildman–Crippen LogP) is 3.59. The van der Waals surface area contributed by atoms with Crippen LogP contribution in [-0.4, -0.2) is 39.9 Å². The summed E-state index contributed by atoms with van der Waals surface area (Å²) in [4.78, 5) is 40.5. The molecule has 2 aromatic rings. The molecule has 2 aromatic carbocycles. The zero-order chi connectivity index (χ0) is 24.7. The lowest BCUT2D eigenvalue weighted by Gasteiger charge is -2.31. The fourth-order valence-electron chi connectivity index (χ4n) is 5.05. The lowest BCUT2D eigenvalue weighted by molar-refractivity contribution is -0.151. The standard InChI is InChI=1S/C25H23F3N2O4/c1-2-3-12-30-21(31)18-19(22(30)32)24(23(33)34,14-15-8-5-4-6-9-15)29-20(18)16-10-7-11-17(13-16)25(26,27)28/h2,4-11,13,18-20,29H,1,3,12,14H2,(H,33,34). The first kappa shape index (κ1) is 23.7. The van der Waals surface area contributed by atoms with E-state index in [1.807, 2.05) is 0 Å². The monoisotopic (exact) mass is 472 g/mol. The molecular weight excluding hydrogens is 449 g/mol. The summed E-state index contributed by atoms with van der Waals surface area (Å²) in [6.45, 7) is 3.62. The molecule has 4 unspecified atom stereocenters. The topological polar surface area (TPSA) is 86.7 Å². The first-order chi connectivity index (χ1) is 16.1. The summed E-state index contributed by atoms with van der Waals surface area (Å²) >= 11 is 0. The Hall–Kier alpha value is -3.46. The van der Waals surface area contributed by atoms with Crippen molar-refractivity contribution in [1.82, 2.24) is 10.2 Å². The van der Waals surface area contributed by atoms with Crippen LogP contribution in [0, 0.1) is 11.8 Å². The molecule has 2 amide bonds. The van der Waals surface area contributed by atoms with Gasteiger partial charge in [0.05, 0.1) is 17.4 Å². The van der Waals surface area contributed by atoms with Gasteiger partial charge in [0.1, 0.15) is 5.54 Å². The number of nitrogens with one attached hydrogen (secondary N) is 1. The number of halogens is 3. The number of carbonyl (C=O) groups is 3. The van der Waals surface area contributed by atoms with Gasteiger partial charge in [-0.25, -0.2) is 0 Å². The van der Waals surface area contributed by atoms with Gasteiger partial charge in [0.25, 0.3) is 0 Å². The second-order valence-electron chi connectivity index (χ2n) is 8.59. The van der Waals surface area contributed by atoms with E-state index in [2.05, 4.69) is 11.9 Å². The lowest BCUT2D eigenvalue weighted by atomic mass is 9.76. The van der Waals surface area contributed by atoms with Crippen LogP contribution in [0.2, 0.25) is 0 Å². The number of benzene rings is 2. The number of alkyl halides is 3. The third-order valence-corrected chi connectivity index (χ3v) is 6.58. The Kier molecular flexibility index (Phi) is 6.07. The van der Waals surface area contributed by atoms with Crippen LogP contribution in [0.5, 0.6) is 0 Å². The highest BCUT2D eigenvalue weighted by atomic mass is 19.4. The van der Waals surface area contributed by atoms with Gasteiger partial charge >= 0.3 is 12.1 Å². The van der Waals surface area contributed by atoms with Gasteiger partial charge in [0, 0.05) is 19.0 Å². The minimum absolute atomic E-state index is 0.0323. The number of rotatable bonds is 7. The van der Waals surface area contributed by atoms with Crippen LogP contribution in [0.3, 0.4) is 0 Å². The number of carbonyl (C=O) groups excluding carboxylic acids is 2. The number of aliphatic carboxylic acids is 1. The van der Waals surface area contributed by atoms with E-state index in [1.54, 1.807) is 30.3 Å². The van der Waals surface area contributed by atoms with Crippen molar-refractivity contribution in [3.8, 4) is 0 Å². The number of imide groups is 1. The Balaban J connectivity index is 1.84. The highest BCUT2D eigenvalue weighted by Crippen LogP contribution is 2.50. The SMILES string of the molecule is C=CCCN1C(=O)C2C(c3cccc(C(F)(F)F)c3)NC(Cc3ccccc3)(C(=O)O)C2C1=O. The van der Waals surface area contributed by atoms with E-state index in [0.29, 0.717) is 12.0 Å². The van der Waals surface area contributed by atoms with Gasteiger partial charge < -0.3 is 5.11 Å². The van der Waals surface area contributed by atoms with Crippen LogP contribution in [-0.2, 0) is 27.0 Å². The maximum atomic E-state index is 13.4. The van der Waals surface area contributed by atoms with Crippen molar-refractivity contribution in [2.24, 2.45) is 11.8 Å². The zero-order valence-electron chi connectivity index (χ0n) is 18.1. The third-order valence-electron chi connectivity index (χ3n) is 6.58. The van der Waals surface area contributed by atoms with Gasteiger partial charge in [0.15, 0.2) is 0 Å². The van der Waals surface area contributed by atoms with Gasteiger partial charge in [-0.05, 0) is 29.7 Å². The van der Waals surface area contributed by atoms with E-state index in [0.717, 1.165) is 17.0 Å². The quantitative estimate of drug-likeness (QED) is 0.475. The number of hydrogen-bond donors (Lipinski definition) is 2. The first-order valence-corrected chi connectivity index (χ1v) is 10.8. The molecule has 0 saturated carbocycles. The Bertz CT molecular complexity index is 1130. The molecule has 0 spiro atoms. The number of hydrogen-bond acceptors (Lipinski definition) is 4. The van der Waals surface area contributed by atoms with Crippen molar-refractivity contribution in [2.45, 2.75) is 30.6 Å². The van der Waals surface area contributed by atoms with Gasteiger partial charge in [-0.1, -0.05) is 48.5 Å². The molecule has 2 aliphatic rings. The molecule has 2 heterocycles. The molecule has 178 valence electrons. The number of likely N-dealkylation sites (tertiary alicyclic amines) is 1. The second kappa shape index (κ2) is 8.72. The maximum Gasteiger partial charge on any atom is 0.416 e. The van der Waals surface area contributed by atoms with E-state index in [-0.39, 0.29) is 18.5 Å². The Morgan fingerprint density at radius 3 is 2.44 bits per heavy atom. The van der Waals surface area contributed by atoms with E-state index in [1.165, 1.54) is 18.2 Å². The van der Waals surface area contributed by atoms with Gasteiger partial charge in [-0.3, -0.25) is 24.6 Å². The molecule has 0 aromatic heterocycles. The summed E-state index contributed by atoms with van der Waals surface area (Å²) < 4.78 is 40.1. The van der Waals surface area contributed by atoms with Crippen molar-refractivity contribution in [3.05, 3.63) is 83.9 Å². The molecule has 0 radical (unpaired) electrons. The van der Waals surface area contributed by atoms with Gasteiger partial charge in [-0.15, -0.1) is 6.58 Å². The van der Waals surface area contributed by atoms with Crippen LogP contribution >= 0.6 is 0 Å².